The predicted molar refractivity (Wildman–Crippen MR) is 70.0 cm³/mol. The maximum absolute atomic E-state index is 10.9. The van der Waals surface area contributed by atoms with Gasteiger partial charge in [0.15, 0.2) is 0 Å². The maximum atomic E-state index is 10.9. The molecule has 1 aliphatic rings. The minimum atomic E-state index is -0.719. The van der Waals surface area contributed by atoms with Gasteiger partial charge in [-0.3, -0.25) is 9.69 Å². The van der Waals surface area contributed by atoms with Gasteiger partial charge in [0, 0.05) is 6.54 Å². The summed E-state index contributed by atoms with van der Waals surface area (Å²) in [6.07, 6.45) is 5.16. The van der Waals surface area contributed by atoms with Gasteiger partial charge in [-0.2, -0.15) is 0 Å². The van der Waals surface area contributed by atoms with E-state index in [0.717, 1.165) is 18.4 Å². The highest BCUT2D eigenvalue weighted by Gasteiger charge is 2.26. The summed E-state index contributed by atoms with van der Waals surface area (Å²) < 4.78 is 0. The van der Waals surface area contributed by atoms with Gasteiger partial charge in [0.1, 0.15) is 6.04 Å². The highest BCUT2D eigenvalue weighted by molar-refractivity contribution is 5.72. The normalized spacial score (nSPS) is 27.4. The third-order valence-corrected chi connectivity index (χ3v) is 4.40. The monoisotopic (exact) mass is 241 g/mol. The average molecular weight is 241 g/mol. The van der Waals surface area contributed by atoms with Crippen LogP contribution in [0.5, 0.6) is 0 Å². The van der Waals surface area contributed by atoms with Crippen molar-refractivity contribution in [2.75, 3.05) is 13.6 Å². The van der Waals surface area contributed by atoms with Crippen LogP contribution in [0.15, 0.2) is 0 Å². The molecule has 0 spiro atoms. The lowest BCUT2D eigenvalue weighted by atomic mass is 9.77. The molecule has 1 rings (SSSR count). The van der Waals surface area contributed by atoms with E-state index in [1.807, 2.05) is 11.9 Å². The van der Waals surface area contributed by atoms with E-state index in [0.29, 0.717) is 5.92 Å². The lowest BCUT2D eigenvalue weighted by Gasteiger charge is -2.34. The van der Waals surface area contributed by atoms with Crippen molar-refractivity contribution in [2.45, 2.75) is 52.5 Å². The van der Waals surface area contributed by atoms with E-state index < -0.39 is 5.97 Å². The Hall–Kier alpha value is -0.570. The number of carbonyl (C=O) groups is 1. The zero-order chi connectivity index (χ0) is 13.0. The molecule has 0 aromatic carbocycles. The number of hydrogen-bond acceptors (Lipinski definition) is 2. The smallest absolute Gasteiger partial charge is 0.320 e. The number of likely N-dealkylation sites (N-methyl/N-ethyl adjacent to an activating group) is 1. The average Bonchev–Trinajstić information content (AvgIpc) is 2.28. The molecule has 1 atom stereocenters. The fraction of sp³-hybridized carbons (Fsp3) is 0.929. The van der Waals surface area contributed by atoms with Gasteiger partial charge >= 0.3 is 5.97 Å². The SMILES string of the molecule is CC(C)C1CCC(CN(C)C(C)C(=O)O)CC1. The van der Waals surface area contributed by atoms with Crippen LogP contribution in [0.4, 0.5) is 0 Å². The summed E-state index contributed by atoms with van der Waals surface area (Å²) in [7, 11) is 1.92. The fourth-order valence-electron chi connectivity index (χ4n) is 2.79. The Labute approximate surface area is 105 Å². The summed E-state index contributed by atoms with van der Waals surface area (Å²) in [6.45, 7) is 7.31. The molecule has 0 aromatic rings. The standard InChI is InChI=1S/C14H27NO2/c1-10(2)13-7-5-12(6-8-13)9-15(4)11(3)14(16)17/h10-13H,5-9H2,1-4H3,(H,16,17). The van der Waals surface area contributed by atoms with Crippen LogP contribution < -0.4 is 0 Å². The van der Waals surface area contributed by atoms with Crippen molar-refractivity contribution in [1.82, 2.24) is 4.90 Å². The van der Waals surface area contributed by atoms with E-state index >= 15 is 0 Å². The van der Waals surface area contributed by atoms with Crippen LogP contribution in [0.1, 0.15) is 46.5 Å². The second-order valence-electron chi connectivity index (χ2n) is 5.98. The van der Waals surface area contributed by atoms with Crippen LogP contribution in [-0.4, -0.2) is 35.6 Å². The Morgan fingerprint density at radius 1 is 1.24 bits per heavy atom. The number of carboxylic acids is 1. The lowest BCUT2D eigenvalue weighted by molar-refractivity contribution is -0.142. The summed E-state index contributed by atoms with van der Waals surface area (Å²) in [6, 6.07) is -0.363. The number of aliphatic carboxylic acids is 1. The van der Waals surface area contributed by atoms with Gasteiger partial charge in [-0.15, -0.1) is 0 Å². The van der Waals surface area contributed by atoms with Gasteiger partial charge < -0.3 is 5.11 Å². The molecule has 0 aliphatic heterocycles. The van der Waals surface area contributed by atoms with Gasteiger partial charge in [-0.1, -0.05) is 13.8 Å². The molecule has 1 aliphatic carbocycles. The minimum Gasteiger partial charge on any atom is -0.480 e. The molecule has 3 heteroatoms. The van der Waals surface area contributed by atoms with Gasteiger partial charge in [0.25, 0.3) is 0 Å². The van der Waals surface area contributed by atoms with Crippen LogP contribution in [-0.2, 0) is 4.79 Å². The van der Waals surface area contributed by atoms with E-state index in [1.165, 1.54) is 25.7 Å². The Morgan fingerprint density at radius 2 is 1.76 bits per heavy atom. The van der Waals surface area contributed by atoms with E-state index in [4.69, 9.17) is 5.11 Å². The molecule has 0 bridgehead atoms. The molecular weight excluding hydrogens is 214 g/mol. The molecule has 100 valence electrons. The summed E-state index contributed by atoms with van der Waals surface area (Å²) >= 11 is 0. The summed E-state index contributed by atoms with van der Waals surface area (Å²) in [4.78, 5) is 12.9. The molecular formula is C14H27NO2. The molecule has 0 saturated heterocycles. The van der Waals surface area contributed by atoms with E-state index in [2.05, 4.69) is 13.8 Å². The Bertz CT molecular complexity index is 245. The van der Waals surface area contributed by atoms with Gasteiger partial charge in [-0.25, -0.2) is 0 Å². The van der Waals surface area contributed by atoms with Crippen LogP contribution in [0.2, 0.25) is 0 Å². The topological polar surface area (TPSA) is 40.5 Å². The highest BCUT2D eigenvalue weighted by atomic mass is 16.4. The lowest BCUT2D eigenvalue weighted by Crippen LogP contribution is -2.39. The molecule has 0 aromatic heterocycles. The Balaban J connectivity index is 2.33. The van der Waals surface area contributed by atoms with Crippen molar-refractivity contribution in [3.63, 3.8) is 0 Å². The molecule has 0 amide bonds. The molecule has 1 N–H and O–H groups in total. The quantitative estimate of drug-likeness (QED) is 0.804. The molecule has 1 saturated carbocycles. The zero-order valence-corrected chi connectivity index (χ0v) is 11.6. The second kappa shape index (κ2) is 6.39. The first-order valence-corrected chi connectivity index (χ1v) is 6.84. The van der Waals surface area contributed by atoms with Crippen molar-refractivity contribution >= 4 is 5.97 Å². The zero-order valence-electron chi connectivity index (χ0n) is 11.6. The molecule has 0 heterocycles. The highest BCUT2D eigenvalue weighted by Crippen LogP contribution is 2.33. The first-order valence-electron chi connectivity index (χ1n) is 6.84. The summed E-state index contributed by atoms with van der Waals surface area (Å²) in [5.41, 5.74) is 0. The van der Waals surface area contributed by atoms with Crippen LogP contribution in [0.3, 0.4) is 0 Å². The molecule has 3 nitrogen and oxygen atoms in total. The van der Waals surface area contributed by atoms with Crippen molar-refractivity contribution in [1.29, 1.82) is 0 Å². The molecule has 1 fully saturated rings. The van der Waals surface area contributed by atoms with E-state index in [-0.39, 0.29) is 6.04 Å². The molecule has 17 heavy (non-hydrogen) atoms. The minimum absolute atomic E-state index is 0.363. The fourth-order valence-corrected chi connectivity index (χ4v) is 2.79. The molecule has 0 radical (unpaired) electrons. The summed E-state index contributed by atoms with van der Waals surface area (Å²) in [5, 5.41) is 8.96. The van der Waals surface area contributed by atoms with Crippen LogP contribution in [0, 0.1) is 17.8 Å². The van der Waals surface area contributed by atoms with Gasteiger partial charge in [0.05, 0.1) is 0 Å². The summed E-state index contributed by atoms with van der Waals surface area (Å²) in [5.74, 6) is 1.65. The molecule has 1 unspecified atom stereocenters. The number of rotatable bonds is 5. The van der Waals surface area contributed by atoms with Crippen molar-refractivity contribution in [3.8, 4) is 0 Å². The Morgan fingerprint density at radius 3 is 2.18 bits per heavy atom. The Kier molecular flexibility index (Phi) is 5.44. The predicted octanol–water partition coefficient (Wildman–Crippen LogP) is 2.85. The third kappa shape index (κ3) is 4.30. The first-order chi connectivity index (χ1) is 7.91. The van der Waals surface area contributed by atoms with Gasteiger partial charge in [-0.05, 0) is 57.4 Å². The van der Waals surface area contributed by atoms with E-state index in [9.17, 15) is 4.79 Å². The number of nitrogens with zero attached hydrogens (tertiary/aromatic N) is 1. The maximum Gasteiger partial charge on any atom is 0.320 e. The largest absolute Gasteiger partial charge is 0.480 e. The van der Waals surface area contributed by atoms with Gasteiger partial charge in [0.2, 0.25) is 0 Å². The van der Waals surface area contributed by atoms with Crippen LogP contribution >= 0.6 is 0 Å². The van der Waals surface area contributed by atoms with Crippen molar-refractivity contribution in [3.05, 3.63) is 0 Å². The van der Waals surface area contributed by atoms with Crippen LogP contribution in [0.25, 0.3) is 0 Å². The third-order valence-electron chi connectivity index (χ3n) is 4.40. The van der Waals surface area contributed by atoms with E-state index in [1.54, 1.807) is 6.92 Å². The van der Waals surface area contributed by atoms with Crippen molar-refractivity contribution in [2.24, 2.45) is 17.8 Å². The first kappa shape index (κ1) is 14.5. The van der Waals surface area contributed by atoms with Crippen molar-refractivity contribution < 1.29 is 9.90 Å². The second-order valence-corrected chi connectivity index (χ2v) is 5.98. The number of carboxylic acid groups (broad SMARTS) is 1. The number of hydrogen-bond donors (Lipinski definition) is 1.